The average Bonchev–Trinajstić information content (AvgIpc) is 2.25. The fraction of sp³-hybridized carbons (Fsp3) is 0.417. The zero-order valence-electron chi connectivity index (χ0n) is 9.79. The summed E-state index contributed by atoms with van der Waals surface area (Å²) in [5.41, 5.74) is 0.803. The Morgan fingerprint density at radius 3 is 2.50 bits per heavy atom. The second-order valence-corrected chi connectivity index (χ2v) is 3.86. The van der Waals surface area contributed by atoms with Gasteiger partial charge >= 0.3 is 6.03 Å². The lowest BCUT2D eigenvalue weighted by Gasteiger charge is -2.10. The molecular formula is C12H19N3O. The number of amides is 2. The van der Waals surface area contributed by atoms with Crippen molar-refractivity contribution in [2.24, 2.45) is 0 Å². The molecule has 16 heavy (non-hydrogen) atoms. The van der Waals surface area contributed by atoms with Crippen molar-refractivity contribution in [3.63, 3.8) is 0 Å². The van der Waals surface area contributed by atoms with E-state index in [-0.39, 0.29) is 6.03 Å². The summed E-state index contributed by atoms with van der Waals surface area (Å²) in [5.74, 6) is 0. The SMILES string of the molecule is CC(C)NCCNC(=O)Nc1ccccc1. The highest BCUT2D eigenvalue weighted by atomic mass is 16.2. The molecule has 3 N–H and O–H groups in total. The third kappa shape index (κ3) is 5.36. The van der Waals surface area contributed by atoms with Crippen LogP contribution >= 0.6 is 0 Å². The molecule has 0 heterocycles. The molecule has 0 radical (unpaired) electrons. The van der Waals surface area contributed by atoms with Crippen LogP contribution in [0.15, 0.2) is 30.3 Å². The van der Waals surface area contributed by atoms with E-state index in [9.17, 15) is 4.79 Å². The van der Waals surface area contributed by atoms with Gasteiger partial charge in [0.25, 0.3) is 0 Å². The molecule has 0 spiro atoms. The summed E-state index contributed by atoms with van der Waals surface area (Å²) in [6.45, 7) is 5.55. The van der Waals surface area contributed by atoms with Crippen LogP contribution in [0.2, 0.25) is 0 Å². The molecule has 0 aliphatic heterocycles. The number of rotatable bonds is 5. The van der Waals surface area contributed by atoms with Gasteiger partial charge in [-0.1, -0.05) is 32.0 Å². The molecule has 1 aromatic rings. The van der Waals surface area contributed by atoms with E-state index in [2.05, 4.69) is 29.8 Å². The zero-order chi connectivity index (χ0) is 11.8. The molecule has 4 heteroatoms. The molecule has 0 unspecified atom stereocenters. The van der Waals surface area contributed by atoms with Gasteiger partial charge in [0.15, 0.2) is 0 Å². The Morgan fingerprint density at radius 2 is 1.88 bits per heavy atom. The van der Waals surface area contributed by atoms with E-state index < -0.39 is 0 Å². The fourth-order valence-corrected chi connectivity index (χ4v) is 1.23. The highest BCUT2D eigenvalue weighted by Gasteiger charge is 1.99. The Morgan fingerprint density at radius 1 is 1.19 bits per heavy atom. The molecule has 2 amide bonds. The quantitative estimate of drug-likeness (QED) is 0.664. The average molecular weight is 221 g/mol. The summed E-state index contributed by atoms with van der Waals surface area (Å²) < 4.78 is 0. The lowest BCUT2D eigenvalue weighted by molar-refractivity contribution is 0.252. The zero-order valence-corrected chi connectivity index (χ0v) is 9.79. The van der Waals surface area contributed by atoms with Gasteiger partial charge in [0.2, 0.25) is 0 Å². The summed E-state index contributed by atoms with van der Waals surface area (Å²) in [4.78, 5) is 11.4. The highest BCUT2D eigenvalue weighted by Crippen LogP contribution is 2.03. The first-order chi connectivity index (χ1) is 7.68. The van der Waals surface area contributed by atoms with Gasteiger partial charge in [0.1, 0.15) is 0 Å². The Bertz CT molecular complexity index is 311. The Hall–Kier alpha value is -1.55. The summed E-state index contributed by atoms with van der Waals surface area (Å²) in [7, 11) is 0. The van der Waals surface area contributed by atoms with Crippen LogP contribution in [0.4, 0.5) is 10.5 Å². The molecule has 4 nitrogen and oxygen atoms in total. The maximum absolute atomic E-state index is 11.4. The number of carbonyl (C=O) groups excluding carboxylic acids is 1. The van der Waals surface area contributed by atoms with Crippen molar-refractivity contribution in [1.29, 1.82) is 0 Å². The number of anilines is 1. The van der Waals surface area contributed by atoms with Crippen molar-refractivity contribution in [1.82, 2.24) is 10.6 Å². The van der Waals surface area contributed by atoms with Crippen LogP contribution in [0.5, 0.6) is 0 Å². The van der Waals surface area contributed by atoms with Crippen LogP contribution in [0.3, 0.4) is 0 Å². The number of urea groups is 1. The molecule has 1 rings (SSSR count). The van der Waals surface area contributed by atoms with E-state index in [1.165, 1.54) is 0 Å². The molecule has 0 fully saturated rings. The van der Waals surface area contributed by atoms with Crippen LogP contribution in [0.25, 0.3) is 0 Å². The van der Waals surface area contributed by atoms with Crippen molar-refractivity contribution >= 4 is 11.7 Å². The summed E-state index contributed by atoms with van der Waals surface area (Å²) in [6.07, 6.45) is 0. The molecule has 0 saturated carbocycles. The number of hydrogen-bond acceptors (Lipinski definition) is 2. The van der Waals surface area contributed by atoms with Crippen LogP contribution in [-0.4, -0.2) is 25.2 Å². The second kappa shape index (κ2) is 6.85. The predicted octanol–water partition coefficient (Wildman–Crippen LogP) is 1.81. The van der Waals surface area contributed by atoms with Crippen LogP contribution in [0, 0.1) is 0 Å². The summed E-state index contributed by atoms with van der Waals surface area (Å²) in [6, 6.07) is 9.66. The molecular weight excluding hydrogens is 202 g/mol. The van der Waals surface area contributed by atoms with Gasteiger partial charge < -0.3 is 16.0 Å². The van der Waals surface area contributed by atoms with Crippen molar-refractivity contribution in [3.05, 3.63) is 30.3 Å². The van der Waals surface area contributed by atoms with Crippen molar-refractivity contribution in [2.45, 2.75) is 19.9 Å². The molecule has 0 aliphatic carbocycles. The Labute approximate surface area is 96.4 Å². The standard InChI is InChI=1S/C12H19N3O/c1-10(2)13-8-9-14-12(16)15-11-6-4-3-5-7-11/h3-7,10,13H,8-9H2,1-2H3,(H2,14,15,16). The van der Waals surface area contributed by atoms with Crippen LogP contribution in [-0.2, 0) is 0 Å². The number of carbonyl (C=O) groups is 1. The third-order valence-electron chi connectivity index (χ3n) is 1.99. The molecule has 0 atom stereocenters. The van der Waals surface area contributed by atoms with Gasteiger partial charge in [-0.25, -0.2) is 4.79 Å². The molecule has 0 aliphatic rings. The number of hydrogen-bond donors (Lipinski definition) is 3. The Balaban J connectivity index is 2.17. The van der Waals surface area contributed by atoms with Crippen molar-refractivity contribution in [2.75, 3.05) is 18.4 Å². The summed E-state index contributed by atoms with van der Waals surface area (Å²) in [5, 5.41) is 8.75. The topological polar surface area (TPSA) is 53.2 Å². The Kier molecular flexibility index (Phi) is 5.36. The number of benzene rings is 1. The van der Waals surface area contributed by atoms with Gasteiger partial charge in [-0.05, 0) is 12.1 Å². The van der Waals surface area contributed by atoms with Gasteiger partial charge in [-0.2, -0.15) is 0 Å². The maximum atomic E-state index is 11.4. The van der Waals surface area contributed by atoms with E-state index in [1.54, 1.807) is 0 Å². The third-order valence-corrected chi connectivity index (χ3v) is 1.99. The van der Waals surface area contributed by atoms with Gasteiger partial charge in [0, 0.05) is 24.8 Å². The number of para-hydroxylation sites is 1. The molecule has 0 aromatic heterocycles. The molecule has 1 aromatic carbocycles. The largest absolute Gasteiger partial charge is 0.337 e. The van der Waals surface area contributed by atoms with E-state index in [0.29, 0.717) is 12.6 Å². The van der Waals surface area contributed by atoms with E-state index in [4.69, 9.17) is 0 Å². The lowest BCUT2D eigenvalue weighted by Crippen LogP contribution is -2.36. The highest BCUT2D eigenvalue weighted by molar-refractivity contribution is 5.89. The molecule has 0 bridgehead atoms. The second-order valence-electron chi connectivity index (χ2n) is 3.86. The van der Waals surface area contributed by atoms with Crippen molar-refractivity contribution < 1.29 is 4.79 Å². The van der Waals surface area contributed by atoms with E-state index >= 15 is 0 Å². The van der Waals surface area contributed by atoms with Crippen molar-refractivity contribution in [3.8, 4) is 0 Å². The first-order valence-electron chi connectivity index (χ1n) is 5.52. The fourth-order valence-electron chi connectivity index (χ4n) is 1.23. The summed E-state index contributed by atoms with van der Waals surface area (Å²) >= 11 is 0. The minimum Gasteiger partial charge on any atom is -0.337 e. The molecule has 88 valence electrons. The van der Waals surface area contributed by atoms with Crippen LogP contribution < -0.4 is 16.0 Å². The minimum atomic E-state index is -0.170. The van der Waals surface area contributed by atoms with Gasteiger partial charge in [-0.3, -0.25) is 0 Å². The smallest absolute Gasteiger partial charge is 0.319 e. The monoisotopic (exact) mass is 221 g/mol. The van der Waals surface area contributed by atoms with E-state index in [1.807, 2.05) is 30.3 Å². The molecule has 0 saturated heterocycles. The first-order valence-corrected chi connectivity index (χ1v) is 5.52. The predicted molar refractivity (Wildman–Crippen MR) is 66.6 cm³/mol. The number of nitrogens with one attached hydrogen (secondary N) is 3. The minimum absolute atomic E-state index is 0.170. The first kappa shape index (κ1) is 12.5. The normalized spacial score (nSPS) is 10.2. The van der Waals surface area contributed by atoms with Crippen LogP contribution in [0.1, 0.15) is 13.8 Å². The van der Waals surface area contributed by atoms with Gasteiger partial charge in [0.05, 0.1) is 0 Å². The van der Waals surface area contributed by atoms with Gasteiger partial charge in [-0.15, -0.1) is 0 Å². The van der Waals surface area contributed by atoms with E-state index in [0.717, 1.165) is 12.2 Å². The maximum Gasteiger partial charge on any atom is 0.319 e. The lowest BCUT2D eigenvalue weighted by atomic mass is 10.3.